The lowest BCUT2D eigenvalue weighted by Crippen LogP contribution is -2.38. The average Bonchev–Trinajstić information content (AvgIpc) is 2.87. The van der Waals surface area contributed by atoms with Crippen molar-refractivity contribution in [3.63, 3.8) is 0 Å². The van der Waals surface area contributed by atoms with Crippen LogP contribution in [0.4, 0.5) is 5.69 Å². The van der Waals surface area contributed by atoms with E-state index in [2.05, 4.69) is 4.90 Å². The number of halogens is 1. The quantitative estimate of drug-likeness (QED) is 0.641. The second-order valence-corrected chi connectivity index (χ2v) is 9.27. The summed E-state index contributed by atoms with van der Waals surface area (Å²) in [5.41, 5.74) is 2.52. The van der Waals surface area contributed by atoms with Crippen LogP contribution < -0.4 is 14.4 Å². The number of nitrogens with zero attached hydrogens (tertiary/aromatic N) is 3. The van der Waals surface area contributed by atoms with Crippen molar-refractivity contribution in [2.75, 3.05) is 65.1 Å². The molecule has 0 spiro atoms. The molecule has 188 valence electrons. The van der Waals surface area contributed by atoms with Crippen molar-refractivity contribution in [1.82, 2.24) is 9.80 Å². The van der Waals surface area contributed by atoms with Crippen LogP contribution in [0.15, 0.2) is 36.4 Å². The van der Waals surface area contributed by atoms with Gasteiger partial charge in [0.2, 0.25) is 5.91 Å². The molecule has 4 rings (SSSR count). The standard InChI is InChI=1S/C26H32ClN3O5/c1-28-8-5-9-30(25(32)18-33-2)22-7-4-3-6-20(22)17-29(11-10-28)24(31)16-19-14-21(27)26-23(15-19)34-12-13-35-26/h3-4,6-7,14-15H,5,8-13,16-18H2,1-2H3. The van der Waals surface area contributed by atoms with Gasteiger partial charge >= 0.3 is 0 Å². The number of methoxy groups -OCH3 is 1. The maximum atomic E-state index is 13.5. The maximum Gasteiger partial charge on any atom is 0.252 e. The van der Waals surface area contributed by atoms with Crippen molar-refractivity contribution in [1.29, 1.82) is 0 Å². The average molecular weight is 502 g/mol. The van der Waals surface area contributed by atoms with E-state index in [9.17, 15) is 9.59 Å². The van der Waals surface area contributed by atoms with E-state index in [-0.39, 0.29) is 24.8 Å². The highest BCUT2D eigenvalue weighted by Gasteiger charge is 2.24. The zero-order valence-corrected chi connectivity index (χ0v) is 21.1. The number of carbonyl (C=O) groups is 2. The molecule has 2 amide bonds. The Bertz CT molecular complexity index is 1060. The number of ether oxygens (including phenoxy) is 3. The molecule has 0 aromatic heterocycles. The van der Waals surface area contributed by atoms with Crippen LogP contribution in [0.25, 0.3) is 0 Å². The van der Waals surface area contributed by atoms with Crippen molar-refractivity contribution in [2.24, 2.45) is 0 Å². The normalized spacial score (nSPS) is 16.9. The fraction of sp³-hybridized carbons (Fsp3) is 0.462. The number of benzene rings is 2. The van der Waals surface area contributed by atoms with Crippen LogP contribution in [-0.4, -0.2) is 81.8 Å². The van der Waals surface area contributed by atoms with Crippen LogP contribution in [0.3, 0.4) is 0 Å². The van der Waals surface area contributed by atoms with Crippen LogP contribution in [0.1, 0.15) is 17.5 Å². The Hall–Kier alpha value is -2.81. The summed E-state index contributed by atoms with van der Waals surface area (Å²) < 4.78 is 16.4. The predicted molar refractivity (Wildman–Crippen MR) is 134 cm³/mol. The smallest absolute Gasteiger partial charge is 0.252 e. The Morgan fingerprint density at radius 3 is 2.66 bits per heavy atom. The number of rotatable bonds is 4. The summed E-state index contributed by atoms with van der Waals surface area (Å²) in [4.78, 5) is 32.2. The van der Waals surface area contributed by atoms with Crippen molar-refractivity contribution < 1.29 is 23.8 Å². The van der Waals surface area contributed by atoms with Gasteiger partial charge in [-0.15, -0.1) is 0 Å². The summed E-state index contributed by atoms with van der Waals surface area (Å²) in [6.45, 7) is 4.04. The van der Waals surface area contributed by atoms with Crippen LogP contribution in [-0.2, 0) is 27.3 Å². The first-order chi connectivity index (χ1) is 17.0. The summed E-state index contributed by atoms with van der Waals surface area (Å²) in [6, 6.07) is 11.4. The van der Waals surface area contributed by atoms with Crippen LogP contribution >= 0.6 is 11.6 Å². The molecule has 0 radical (unpaired) electrons. The number of para-hydroxylation sites is 1. The third kappa shape index (κ3) is 6.25. The van der Waals surface area contributed by atoms with Crippen molar-refractivity contribution in [2.45, 2.75) is 19.4 Å². The van der Waals surface area contributed by atoms with E-state index in [1.165, 1.54) is 7.11 Å². The molecular weight excluding hydrogens is 470 g/mol. The van der Waals surface area contributed by atoms with Crippen molar-refractivity contribution >= 4 is 29.1 Å². The van der Waals surface area contributed by atoms with Gasteiger partial charge < -0.3 is 28.9 Å². The predicted octanol–water partition coefficient (Wildman–Crippen LogP) is 3.00. The van der Waals surface area contributed by atoms with Gasteiger partial charge in [-0.3, -0.25) is 9.59 Å². The van der Waals surface area contributed by atoms with Gasteiger partial charge in [0.25, 0.3) is 5.91 Å². The lowest BCUT2D eigenvalue weighted by Gasteiger charge is -2.28. The van der Waals surface area contributed by atoms with Gasteiger partial charge in [-0.1, -0.05) is 29.8 Å². The van der Waals surface area contributed by atoms with Gasteiger partial charge in [-0.2, -0.15) is 0 Å². The van der Waals surface area contributed by atoms with Crippen molar-refractivity contribution in [3.8, 4) is 11.5 Å². The second kappa shape index (κ2) is 11.7. The van der Waals surface area contributed by atoms with Gasteiger partial charge in [-0.25, -0.2) is 0 Å². The largest absolute Gasteiger partial charge is 0.486 e. The number of amides is 2. The van der Waals surface area contributed by atoms with Crippen molar-refractivity contribution in [3.05, 3.63) is 52.5 Å². The Labute approximate surface area is 211 Å². The molecule has 0 saturated carbocycles. The van der Waals surface area contributed by atoms with Gasteiger partial charge in [0.1, 0.15) is 19.8 Å². The van der Waals surface area contributed by atoms with E-state index in [0.717, 1.165) is 36.3 Å². The van der Waals surface area contributed by atoms with E-state index in [4.69, 9.17) is 25.8 Å². The minimum Gasteiger partial charge on any atom is -0.486 e. The SMILES string of the molecule is COCC(=O)N1CCCN(C)CCN(C(=O)Cc2cc(Cl)c3c(c2)OCCO3)Cc2ccccc21. The number of likely N-dealkylation sites (N-methyl/N-ethyl adjacent to an activating group) is 1. The molecule has 2 aromatic rings. The van der Waals surface area contributed by atoms with E-state index in [0.29, 0.717) is 49.4 Å². The summed E-state index contributed by atoms with van der Waals surface area (Å²) in [7, 11) is 3.56. The lowest BCUT2D eigenvalue weighted by molar-refractivity contribution is -0.131. The number of fused-ring (bicyclic) bond motifs is 2. The fourth-order valence-electron chi connectivity index (χ4n) is 4.44. The molecule has 0 fully saturated rings. The molecule has 2 aliphatic rings. The van der Waals surface area contributed by atoms with E-state index < -0.39 is 0 Å². The molecule has 9 heteroatoms. The minimum absolute atomic E-state index is 0.0116. The Kier molecular flexibility index (Phi) is 8.49. The van der Waals surface area contributed by atoms with Gasteiger partial charge in [0.15, 0.2) is 11.5 Å². The number of hydrogen-bond acceptors (Lipinski definition) is 6. The zero-order valence-electron chi connectivity index (χ0n) is 20.3. The number of anilines is 1. The first kappa shape index (κ1) is 25.3. The molecule has 2 aliphatic heterocycles. The maximum absolute atomic E-state index is 13.5. The number of carbonyl (C=O) groups excluding carboxylic acids is 2. The second-order valence-electron chi connectivity index (χ2n) is 8.86. The lowest BCUT2D eigenvalue weighted by atomic mass is 10.1. The Morgan fingerprint density at radius 2 is 1.83 bits per heavy atom. The molecule has 0 N–H and O–H groups in total. The highest BCUT2D eigenvalue weighted by Crippen LogP contribution is 2.38. The minimum atomic E-state index is -0.0920. The van der Waals surface area contributed by atoms with Gasteiger partial charge in [0.05, 0.1) is 11.4 Å². The highest BCUT2D eigenvalue weighted by molar-refractivity contribution is 6.32. The van der Waals surface area contributed by atoms with Crippen LogP contribution in [0.2, 0.25) is 5.02 Å². The molecule has 0 saturated heterocycles. The van der Waals surface area contributed by atoms with Gasteiger partial charge in [0, 0.05) is 39.0 Å². The molecule has 8 nitrogen and oxygen atoms in total. The summed E-state index contributed by atoms with van der Waals surface area (Å²) in [6.07, 6.45) is 1.01. The fourth-order valence-corrected chi connectivity index (χ4v) is 4.73. The zero-order chi connectivity index (χ0) is 24.8. The third-order valence-corrected chi connectivity index (χ3v) is 6.53. The molecule has 0 atom stereocenters. The molecule has 0 bridgehead atoms. The Balaban J connectivity index is 1.60. The number of hydrogen-bond donors (Lipinski definition) is 0. The molecule has 2 heterocycles. The van der Waals surface area contributed by atoms with E-state index >= 15 is 0 Å². The van der Waals surface area contributed by atoms with E-state index in [1.807, 2.05) is 42.3 Å². The molecule has 2 aromatic carbocycles. The molecule has 0 unspecified atom stereocenters. The summed E-state index contributed by atoms with van der Waals surface area (Å²) >= 11 is 6.40. The van der Waals surface area contributed by atoms with Gasteiger partial charge in [-0.05, 0) is 49.3 Å². The van der Waals surface area contributed by atoms with Crippen LogP contribution in [0.5, 0.6) is 11.5 Å². The van der Waals surface area contributed by atoms with E-state index in [1.54, 1.807) is 11.0 Å². The monoisotopic (exact) mass is 501 g/mol. The Morgan fingerprint density at radius 1 is 1.03 bits per heavy atom. The first-order valence-corrected chi connectivity index (χ1v) is 12.3. The molecule has 35 heavy (non-hydrogen) atoms. The topological polar surface area (TPSA) is 71.6 Å². The first-order valence-electron chi connectivity index (χ1n) is 11.9. The van der Waals surface area contributed by atoms with Crippen LogP contribution in [0, 0.1) is 0 Å². The molecule has 0 aliphatic carbocycles. The highest BCUT2D eigenvalue weighted by atomic mass is 35.5. The summed E-state index contributed by atoms with van der Waals surface area (Å²) in [5, 5.41) is 0.444. The molecular formula is C26H32ClN3O5. The summed E-state index contributed by atoms with van der Waals surface area (Å²) in [5.74, 6) is 0.989. The third-order valence-electron chi connectivity index (χ3n) is 6.25.